The Morgan fingerprint density at radius 3 is 2.86 bits per heavy atom. The molecule has 0 unspecified atom stereocenters. The standard InChI is InChI=1S/C12H12N6O2S2/c19-11-13-6-7-18(11)12(20)15-9-14-10(22-21-9)17-16-8-4-2-1-3-5-8/h1-5,16H,6-7H2,(H,13,19)(H,14,15,17,20). The van der Waals surface area contributed by atoms with Crippen LogP contribution in [0.2, 0.25) is 0 Å². The molecule has 2 heterocycles. The van der Waals surface area contributed by atoms with Gasteiger partial charge in [-0.1, -0.05) is 18.2 Å². The van der Waals surface area contributed by atoms with Gasteiger partial charge in [-0.05, 0) is 32.8 Å². The number of urea groups is 2. The number of aromatic nitrogens is 1. The van der Waals surface area contributed by atoms with Crippen molar-refractivity contribution in [1.29, 1.82) is 0 Å². The third-order valence-electron chi connectivity index (χ3n) is 2.76. The summed E-state index contributed by atoms with van der Waals surface area (Å²) in [5.74, 6) is 0. The third-order valence-corrected chi connectivity index (χ3v) is 4.70. The van der Waals surface area contributed by atoms with Crippen molar-refractivity contribution in [3.05, 3.63) is 35.1 Å². The van der Waals surface area contributed by atoms with E-state index in [-0.39, 0.29) is 0 Å². The number of anilines is 2. The van der Waals surface area contributed by atoms with Gasteiger partial charge in [-0.2, -0.15) is 4.98 Å². The van der Waals surface area contributed by atoms with Gasteiger partial charge in [0.15, 0.2) is 0 Å². The molecule has 1 fully saturated rings. The molecular weight excluding hydrogens is 324 g/mol. The van der Waals surface area contributed by atoms with Gasteiger partial charge in [-0.15, -0.1) is 5.10 Å². The van der Waals surface area contributed by atoms with Crippen molar-refractivity contribution < 1.29 is 9.59 Å². The molecule has 3 N–H and O–H groups in total. The van der Waals surface area contributed by atoms with Crippen LogP contribution in [0, 0.1) is 0 Å². The maximum atomic E-state index is 11.9. The molecule has 8 nitrogen and oxygen atoms in total. The van der Waals surface area contributed by atoms with E-state index < -0.39 is 12.1 Å². The van der Waals surface area contributed by atoms with Crippen molar-refractivity contribution in [3.8, 4) is 0 Å². The van der Waals surface area contributed by atoms with Crippen LogP contribution in [-0.2, 0) is 0 Å². The van der Waals surface area contributed by atoms with Crippen molar-refractivity contribution >= 4 is 43.6 Å². The molecule has 3 rings (SSSR count). The Labute approximate surface area is 132 Å². The Hall–Kier alpha value is -2.46. The smallest absolute Gasteiger partial charge is 0.331 e. The number of nitrogens with one attached hydrogen (secondary N) is 3. The molecule has 2 aromatic rings. The van der Waals surface area contributed by atoms with Gasteiger partial charge >= 0.3 is 12.1 Å². The summed E-state index contributed by atoms with van der Waals surface area (Å²) in [6, 6.07) is 8.60. The number of carbonyl (C=O) groups is 2. The van der Waals surface area contributed by atoms with Crippen LogP contribution in [0.4, 0.5) is 20.4 Å². The van der Waals surface area contributed by atoms with E-state index in [1.54, 1.807) is 0 Å². The van der Waals surface area contributed by atoms with Crippen LogP contribution in [-0.4, -0.2) is 35.0 Å². The molecular formula is C12H12N6O2S2. The molecule has 0 bridgehead atoms. The Balaban J connectivity index is 1.63. The summed E-state index contributed by atoms with van der Waals surface area (Å²) in [4.78, 5) is 29.1. The van der Waals surface area contributed by atoms with Gasteiger partial charge in [-0.3, -0.25) is 10.7 Å². The summed E-state index contributed by atoms with van der Waals surface area (Å²) in [6.07, 6.45) is 0. The largest absolute Gasteiger partial charge is 0.336 e. The second-order valence-electron chi connectivity index (χ2n) is 4.27. The molecule has 10 heteroatoms. The molecule has 22 heavy (non-hydrogen) atoms. The molecule has 0 radical (unpaired) electrons. The van der Waals surface area contributed by atoms with Crippen LogP contribution in [0.5, 0.6) is 0 Å². The first-order valence-corrected chi connectivity index (χ1v) is 8.56. The van der Waals surface area contributed by atoms with Crippen LogP contribution < -0.4 is 20.9 Å². The Bertz CT molecular complexity index is 741. The predicted molar refractivity (Wildman–Crippen MR) is 84.7 cm³/mol. The van der Waals surface area contributed by atoms with Gasteiger partial charge in [0.2, 0.25) is 9.93 Å². The zero-order valence-electron chi connectivity index (χ0n) is 11.3. The number of hydrogen-bond donors (Lipinski definition) is 3. The maximum Gasteiger partial charge on any atom is 0.331 e. The number of para-hydroxylation sites is 1. The van der Waals surface area contributed by atoms with E-state index in [2.05, 4.69) is 26.1 Å². The molecule has 4 amide bonds. The average molecular weight is 336 g/mol. The molecule has 0 atom stereocenters. The van der Waals surface area contributed by atoms with E-state index in [1.807, 2.05) is 30.3 Å². The minimum Gasteiger partial charge on any atom is -0.336 e. The van der Waals surface area contributed by atoms with Crippen LogP contribution in [0.3, 0.4) is 0 Å². The Morgan fingerprint density at radius 2 is 2.14 bits per heavy atom. The van der Waals surface area contributed by atoms with Crippen molar-refractivity contribution in [2.45, 2.75) is 0 Å². The fraction of sp³-hybridized carbons (Fsp3) is 0.167. The van der Waals surface area contributed by atoms with Crippen LogP contribution in [0.15, 0.2) is 35.4 Å². The lowest BCUT2D eigenvalue weighted by Gasteiger charge is -2.10. The number of hydrogen-bond acceptors (Lipinski definition) is 7. The molecule has 1 aromatic heterocycles. The minimum atomic E-state index is -0.487. The van der Waals surface area contributed by atoms with E-state index >= 15 is 0 Å². The lowest BCUT2D eigenvalue weighted by atomic mass is 10.3. The second kappa shape index (κ2) is 6.54. The van der Waals surface area contributed by atoms with Crippen LogP contribution >= 0.6 is 20.7 Å². The zero-order valence-corrected chi connectivity index (χ0v) is 12.9. The summed E-state index contributed by atoms with van der Waals surface area (Å²) in [5, 5.41) is 9.70. The van der Waals surface area contributed by atoms with E-state index in [0.717, 1.165) is 10.6 Å². The second-order valence-corrected chi connectivity index (χ2v) is 6.35. The zero-order chi connectivity index (χ0) is 15.4. The van der Waals surface area contributed by atoms with E-state index in [0.29, 0.717) is 23.0 Å². The topological polar surface area (TPSA) is 98.7 Å². The summed E-state index contributed by atoms with van der Waals surface area (Å²) < 4.78 is 0. The number of benzene rings is 1. The molecule has 1 aliphatic heterocycles. The number of imide groups is 1. The maximum absolute atomic E-state index is 11.9. The monoisotopic (exact) mass is 336 g/mol. The van der Waals surface area contributed by atoms with Crippen molar-refractivity contribution in [2.24, 2.45) is 5.10 Å². The number of rotatable bonds is 3. The fourth-order valence-corrected chi connectivity index (χ4v) is 3.34. The van der Waals surface area contributed by atoms with E-state index in [9.17, 15) is 9.59 Å². The lowest BCUT2D eigenvalue weighted by molar-refractivity contribution is 0.207. The van der Waals surface area contributed by atoms with E-state index in [4.69, 9.17) is 0 Å². The first kappa shape index (κ1) is 14.5. The molecule has 1 aliphatic rings. The highest BCUT2D eigenvalue weighted by Gasteiger charge is 2.26. The van der Waals surface area contributed by atoms with Crippen molar-refractivity contribution in [2.75, 3.05) is 23.8 Å². The Morgan fingerprint density at radius 1 is 1.32 bits per heavy atom. The van der Waals surface area contributed by atoms with E-state index in [1.165, 1.54) is 20.7 Å². The quantitative estimate of drug-likeness (QED) is 0.587. The summed E-state index contributed by atoms with van der Waals surface area (Å²) in [5.41, 5.74) is 3.73. The summed E-state index contributed by atoms with van der Waals surface area (Å²) >= 11 is 0. The first-order chi connectivity index (χ1) is 10.7. The molecule has 1 saturated heterocycles. The van der Waals surface area contributed by atoms with Gasteiger partial charge in [0.05, 0.1) is 5.69 Å². The van der Waals surface area contributed by atoms with Gasteiger partial charge in [0, 0.05) is 13.1 Å². The molecule has 0 spiro atoms. The number of carbonyl (C=O) groups excluding carboxylic acids is 2. The number of amides is 4. The Kier molecular flexibility index (Phi) is 4.30. The van der Waals surface area contributed by atoms with Crippen molar-refractivity contribution in [3.63, 3.8) is 0 Å². The average Bonchev–Trinajstić information content (AvgIpc) is 3.15. The van der Waals surface area contributed by atoms with Crippen molar-refractivity contribution in [1.82, 2.24) is 15.2 Å². The fourth-order valence-electron chi connectivity index (χ4n) is 1.74. The molecule has 0 saturated carbocycles. The third kappa shape index (κ3) is 3.40. The minimum absolute atomic E-state index is 0.353. The van der Waals surface area contributed by atoms with Gasteiger partial charge in [0.25, 0.3) is 0 Å². The van der Waals surface area contributed by atoms with Gasteiger partial charge in [0.1, 0.15) is 0 Å². The predicted octanol–water partition coefficient (Wildman–Crippen LogP) is 1.69. The molecule has 114 valence electrons. The SMILES string of the molecule is O=C1NCCN1C(=O)Nc1n/c(=N\Nc2ccccc2)ss1. The van der Waals surface area contributed by atoms with Crippen LogP contribution in [0.1, 0.15) is 0 Å². The van der Waals surface area contributed by atoms with Crippen LogP contribution in [0.25, 0.3) is 0 Å². The normalized spacial score (nSPS) is 14.8. The van der Waals surface area contributed by atoms with Gasteiger partial charge in [-0.25, -0.2) is 14.5 Å². The summed E-state index contributed by atoms with van der Waals surface area (Å²) in [6.45, 7) is 0.820. The molecule has 1 aromatic carbocycles. The molecule has 0 aliphatic carbocycles. The lowest BCUT2D eigenvalue weighted by Crippen LogP contribution is -2.37. The number of nitrogens with zero attached hydrogens (tertiary/aromatic N) is 3. The highest BCUT2D eigenvalue weighted by Crippen LogP contribution is 2.14. The first-order valence-electron chi connectivity index (χ1n) is 6.41. The highest BCUT2D eigenvalue weighted by atomic mass is 32.9. The summed E-state index contributed by atoms with van der Waals surface area (Å²) in [7, 11) is 2.60. The highest BCUT2D eigenvalue weighted by molar-refractivity contribution is 7.69. The van der Waals surface area contributed by atoms with Gasteiger partial charge < -0.3 is 5.32 Å².